The molecule has 1 rings (SSSR count). The van der Waals surface area contributed by atoms with E-state index in [0.29, 0.717) is 5.75 Å². The molecule has 0 spiro atoms. The van der Waals surface area contributed by atoms with E-state index in [1.165, 1.54) is 6.92 Å². The Morgan fingerprint density at radius 2 is 1.45 bits per heavy atom. The Kier molecular flexibility index (Phi) is 7.55. The van der Waals surface area contributed by atoms with Crippen LogP contribution >= 0.6 is 0 Å². The van der Waals surface area contributed by atoms with Gasteiger partial charge in [-0.05, 0) is 32.4 Å². The monoisotopic (exact) mass is 430 g/mol. The van der Waals surface area contributed by atoms with Gasteiger partial charge in [-0.15, -0.1) is 0 Å². The Bertz CT molecular complexity index is 687. The summed E-state index contributed by atoms with van der Waals surface area (Å²) in [6.45, 7) is 1.08. The fourth-order valence-corrected chi connectivity index (χ4v) is 1.90. The molecular formula is C18H20F6O5. The second kappa shape index (κ2) is 8.91. The Balaban J connectivity index is 2.74. The highest BCUT2D eigenvalue weighted by molar-refractivity contribution is 5.80. The fourth-order valence-electron chi connectivity index (χ4n) is 1.90. The van der Waals surface area contributed by atoms with E-state index in [1.54, 1.807) is 37.3 Å². The predicted molar refractivity (Wildman–Crippen MR) is 87.9 cm³/mol. The molecule has 0 aliphatic rings. The van der Waals surface area contributed by atoms with Crippen molar-refractivity contribution in [3.8, 4) is 5.75 Å². The topological polar surface area (TPSA) is 61.8 Å². The highest BCUT2D eigenvalue weighted by atomic mass is 19.4. The van der Waals surface area contributed by atoms with Gasteiger partial charge in [-0.2, -0.15) is 26.3 Å². The smallest absolute Gasteiger partial charge is 0.437 e. The van der Waals surface area contributed by atoms with Gasteiger partial charge < -0.3 is 14.2 Å². The van der Waals surface area contributed by atoms with Gasteiger partial charge in [0.25, 0.3) is 5.60 Å². The first-order chi connectivity index (χ1) is 13.2. The lowest BCUT2D eigenvalue weighted by Gasteiger charge is -2.33. The maximum absolute atomic E-state index is 12.7. The Morgan fingerprint density at radius 3 is 1.90 bits per heavy atom. The molecule has 0 saturated heterocycles. The molecule has 0 saturated carbocycles. The van der Waals surface area contributed by atoms with E-state index in [9.17, 15) is 35.9 Å². The average Bonchev–Trinajstić information content (AvgIpc) is 2.63. The second-order valence-electron chi connectivity index (χ2n) is 6.59. The Morgan fingerprint density at radius 1 is 0.931 bits per heavy atom. The molecule has 0 amide bonds. The van der Waals surface area contributed by atoms with Crippen LogP contribution in [-0.4, -0.2) is 43.1 Å². The van der Waals surface area contributed by atoms with Gasteiger partial charge >= 0.3 is 24.3 Å². The minimum absolute atomic E-state index is 0.163. The van der Waals surface area contributed by atoms with E-state index >= 15 is 0 Å². The van der Waals surface area contributed by atoms with Crippen LogP contribution in [0.2, 0.25) is 0 Å². The zero-order valence-electron chi connectivity index (χ0n) is 15.8. The van der Waals surface area contributed by atoms with Crippen LogP contribution in [0.3, 0.4) is 0 Å². The Labute approximate surface area is 162 Å². The zero-order chi connectivity index (χ0) is 22.5. The van der Waals surface area contributed by atoms with Crippen LogP contribution in [-0.2, 0) is 19.1 Å². The summed E-state index contributed by atoms with van der Waals surface area (Å²) < 4.78 is 90.1. The molecule has 0 bridgehead atoms. The molecular weight excluding hydrogens is 410 g/mol. The number of rotatable bonds is 8. The SMILES string of the molecule is CCC(C)(COc1ccccc1)C(=O)OCC(=O)OC(C)(C(F)(F)F)C(F)(F)F. The number of hydrogen-bond acceptors (Lipinski definition) is 5. The van der Waals surface area contributed by atoms with Gasteiger partial charge in [0, 0.05) is 0 Å². The number of para-hydroxylation sites is 1. The molecule has 5 nitrogen and oxygen atoms in total. The molecule has 29 heavy (non-hydrogen) atoms. The largest absolute Gasteiger partial charge is 0.492 e. The van der Waals surface area contributed by atoms with Gasteiger partial charge in [0.1, 0.15) is 12.4 Å². The summed E-state index contributed by atoms with van der Waals surface area (Å²) in [5, 5.41) is 0. The van der Waals surface area contributed by atoms with Crippen LogP contribution in [0.4, 0.5) is 26.3 Å². The molecule has 1 atom stereocenters. The molecule has 11 heteroatoms. The van der Waals surface area contributed by atoms with E-state index in [4.69, 9.17) is 4.74 Å². The number of carbonyl (C=O) groups is 2. The summed E-state index contributed by atoms with van der Waals surface area (Å²) in [5.74, 6) is -2.59. The van der Waals surface area contributed by atoms with Gasteiger partial charge in [0.05, 0.1) is 5.41 Å². The van der Waals surface area contributed by atoms with Crippen molar-refractivity contribution in [2.75, 3.05) is 13.2 Å². The highest BCUT2D eigenvalue weighted by Gasteiger charge is 2.71. The summed E-state index contributed by atoms with van der Waals surface area (Å²) >= 11 is 0. The third kappa shape index (κ3) is 6.01. The molecule has 0 radical (unpaired) electrons. The maximum Gasteiger partial charge on any atom is 0.437 e. The quantitative estimate of drug-likeness (QED) is 0.451. The molecule has 0 aliphatic carbocycles. The zero-order valence-corrected chi connectivity index (χ0v) is 15.8. The molecule has 1 aromatic carbocycles. The lowest BCUT2D eigenvalue weighted by molar-refractivity contribution is -0.363. The number of hydrogen-bond donors (Lipinski definition) is 0. The highest BCUT2D eigenvalue weighted by Crippen LogP contribution is 2.45. The molecule has 1 aromatic rings. The van der Waals surface area contributed by atoms with Crippen molar-refractivity contribution >= 4 is 11.9 Å². The van der Waals surface area contributed by atoms with Crippen molar-refractivity contribution in [3.63, 3.8) is 0 Å². The summed E-state index contributed by atoms with van der Waals surface area (Å²) in [5.41, 5.74) is -6.03. The van der Waals surface area contributed by atoms with Crippen molar-refractivity contribution in [2.24, 2.45) is 5.41 Å². The standard InChI is InChI=1S/C18H20F6O5/c1-4-15(2,11-28-12-8-6-5-7-9-12)14(26)27-10-13(25)29-16(3,17(19,20)21)18(22,23)24/h5-9H,4,10-11H2,1-3H3. The Hall–Kier alpha value is -2.46. The van der Waals surface area contributed by atoms with Crippen LogP contribution in [0.1, 0.15) is 27.2 Å². The van der Waals surface area contributed by atoms with Crippen molar-refractivity contribution < 1.29 is 50.1 Å². The second-order valence-corrected chi connectivity index (χ2v) is 6.59. The van der Waals surface area contributed by atoms with Crippen molar-refractivity contribution in [1.82, 2.24) is 0 Å². The van der Waals surface area contributed by atoms with E-state index in [2.05, 4.69) is 9.47 Å². The number of benzene rings is 1. The normalized spacial score (nSPS) is 14.7. The van der Waals surface area contributed by atoms with Crippen molar-refractivity contribution in [3.05, 3.63) is 30.3 Å². The summed E-state index contributed by atoms with van der Waals surface area (Å²) in [6.07, 6.45) is -11.7. The van der Waals surface area contributed by atoms with E-state index in [-0.39, 0.29) is 20.0 Å². The number of carbonyl (C=O) groups excluding carboxylic acids is 2. The minimum Gasteiger partial charge on any atom is -0.492 e. The van der Waals surface area contributed by atoms with Crippen LogP contribution in [0.5, 0.6) is 5.75 Å². The number of halogens is 6. The van der Waals surface area contributed by atoms with Gasteiger partial charge in [-0.25, -0.2) is 4.79 Å². The maximum atomic E-state index is 12.7. The molecule has 0 aromatic heterocycles. The first-order valence-electron chi connectivity index (χ1n) is 8.36. The minimum atomic E-state index is -5.91. The fraction of sp³-hybridized carbons (Fsp3) is 0.556. The lowest BCUT2D eigenvalue weighted by Crippen LogP contribution is -2.57. The van der Waals surface area contributed by atoms with E-state index in [1.807, 2.05) is 0 Å². The van der Waals surface area contributed by atoms with E-state index in [0.717, 1.165) is 0 Å². The predicted octanol–water partition coefficient (Wildman–Crippen LogP) is 4.45. The average molecular weight is 430 g/mol. The molecule has 1 unspecified atom stereocenters. The van der Waals surface area contributed by atoms with Crippen LogP contribution in [0.25, 0.3) is 0 Å². The molecule has 0 heterocycles. The van der Waals surface area contributed by atoms with Gasteiger partial charge in [0.15, 0.2) is 6.61 Å². The van der Waals surface area contributed by atoms with Crippen LogP contribution in [0.15, 0.2) is 30.3 Å². The first-order valence-corrected chi connectivity index (χ1v) is 8.36. The summed E-state index contributed by atoms with van der Waals surface area (Å²) in [6, 6.07) is 8.35. The summed E-state index contributed by atoms with van der Waals surface area (Å²) in [7, 11) is 0. The first kappa shape index (κ1) is 24.6. The summed E-state index contributed by atoms with van der Waals surface area (Å²) in [4.78, 5) is 23.7. The van der Waals surface area contributed by atoms with Crippen LogP contribution in [0, 0.1) is 5.41 Å². The van der Waals surface area contributed by atoms with Gasteiger partial charge in [-0.1, -0.05) is 25.1 Å². The number of ether oxygens (including phenoxy) is 3. The van der Waals surface area contributed by atoms with Crippen LogP contribution < -0.4 is 4.74 Å². The van der Waals surface area contributed by atoms with Crippen molar-refractivity contribution in [2.45, 2.75) is 45.1 Å². The third-order valence-corrected chi connectivity index (χ3v) is 4.29. The van der Waals surface area contributed by atoms with E-state index < -0.39 is 41.9 Å². The third-order valence-electron chi connectivity index (χ3n) is 4.29. The number of esters is 2. The number of alkyl halides is 6. The molecule has 0 N–H and O–H groups in total. The van der Waals surface area contributed by atoms with Gasteiger partial charge in [0.2, 0.25) is 0 Å². The molecule has 164 valence electrons. The lowest BCUT2D eigenvalue weighted by atomic mass is 9.89. The molecule has 0 fully saturated rings. The van der Waals surface area contributed by atoms with Crippen molar-refractivity contribution in [1.29, 1.82) is 0 Å². The van der Waals surface area contributed by atoms with Gasteiger partial charge in [-0.3, -0.25) is 4.79 Å². The molecule has 0 aliphatic heterocycles.